The molecule has 79 heavy (non-hydrogen) atoms. The Labute approximate surface area is 453 Å². The molecule has 0 radical (unpaired) electrons. The molecule has 0 spiro atoms. The third-order valence-corrected chi connectivity index (χ3v) is 12.7. The molecule has 10 atom stereocenters. The maximum absolute atomic E-state index is 14.1. The molecule has 2 aliphatic rings. The molecule has 0 aliphatic carbocycles. The zero-order valence-corrected chi connectivity index (χ0v) is 44.2. The molecule has 440 valence electrons. The monoisotopic (exact) mass is 1120 g/mol. The lowest BCUT2D eigenvalue weighted by Crippen LogP contribution is -2.60. The molecule has 0 aromatic carbocycles. The Balaban J connectivity index is 1.65. The lowest BCUT2D eigenvalue weighted by molar-refractivity contribution is -0.148. The van der Waals surface area contributed by atoms with E-state index in [9.17, 15) is 82.8 Å². The Bertz CT molecular complexity index is 2340. The lowest BCUT2D eigenvalue weighted by Gasteiger charge is -2.33. The average Bonchev–Trinajstić information content (AvgIpc) is 4.21. The van der Waals surface area contributed by atoms with Crippen LogP contribution in [0.25, 0.3) is 0 Å². The third-order valence-electron chi connectivity index (χ3n) is 12.7. The van der Waals surface area contributed by atoms with Crippen LogP contribution in [-0.4, -0.2) is 217 Å². The summed E-state index contributed by atoms with van der Waals surface area (Å²) in [6.07, 6.45) is 2.64. The zero-order valence-electron chi connectivity index (χ0n) is 44.2. The number of H-pyrrole nitrogens is 1. The van der Waals surface area contributed by atoms with Gasteiger partial charge in [0.25, 0.3) is 0 Å². The van der Waals surface area contributed by atoms with Gasteiger partial charge in [-0.25, -0.2) is 9.78 Å². The molecule has 0 bridgehead atoms. The first-order chi connectivity index (χ1) is 37.3. The van der Waals surface area contributed by atoms with Gasteiger partial charge in [0.05, 0.1) is 45.0 Å². The van der Waals surface area contributed by atoms with Crippen LogP contribution in [-0.2, 0) is 68.7 Å². The number of aliphatic hydroxyl groups is 2. The van der Waals surface area contributed by atoms with Crippen molar-refractivity contribution in [2.45, 2.75) is 152 Å². The number of hydrogen-bond donors (Lipinski definition) is 16. The number of imidazole rings is 1. The summed E-state index contributed by atoms with van der Waals surface area (Å²) in [6.45, 7) is 2.08. The second kappa shape index (κ2) is 32.2. The van der Waals surface area contributed by atoms with E-state index in [2.05, 4.69) is 52.5 Å². The van der Waals surface area contributed by atoms with E-state index in [1.807, 2.05) is 0 Å². The minimum atomic E-state index is -1.94. The molecular weight excluding hydrogens is 1050 g/mol. The van der Waals surface area contributed by atoms with Gasteiger partial charge in [-0.05, 0) is 70.8 Å². The van der Waals surface area contributed by atoms with Gasteiger partial charge in [-0.15, -0.1) is 0 Å². The summed E-state index contributed by atoms with van der Waals surface area (Å²) in [5.74, 6) is -13.7. The lowest BCUT2D eigenvalue weighted by atomic mass is 10.0. The maximum atomic E-state index is 14.1. The van der Waals surface area contributed by atoms with Gasteiger partial charge >= 0.3 is 11.9 Å². The van der Waals surface area contributed by atoms with Crippen LogP contribution in [0, 0.1) is 5.92 Å². The third kappa shape index (κ3) is 20.8. The number of aliphatic hydroxyl groups excluding tert-OH is 2. The number of nitrogens with zero attached hydrogens (tertiary/aromatic N) is 3. The minimum Gasteiger partial charge on any atom is -0.481 e. The highest BCUT2D eigenvalue weighted by Gasteiger charge is 2.44. The molecule has 3 rings (SSSR count). The number of nitrogens with two attached hydrogens (primary N) is 3. The van der Waals surface area contributed by atoms with Gasteiger partial charge in [-0.1, -0.05) is 13.8 Å². The van der Waals surface area contributed by atoms with Gasteiger partial charge in [-0.3, -0.25) is 57.5 Å². The number of nitrogens with one attached hydrogen (secondary N) is 9. The average molecular weight is 1120 g/mol. The molecule has 2 aliphatic heterocycles. The smallest absolute Gasteiger partial charge is 0.326 e. The van der Waals surface area contributed by atoms with Crippen LogP contribution in [0.2, 0.25) is 0 Å². The number of aromatic nitrogens is 2. The normalized spacial score (nSPS) is 18.0. The minimum absolute atomic E-state index is 0.0240. The second-order valence-corrected chi connectivity index (χ2v) is 19.5. The molecule has 32 heteroatoms. The number of rotatable bonds is 33. The van der Waals surface area contributed by atoms with Crippen molar-refractivity contribution in [3.05, 3.63) is 18.2 Å². The second-order valence-electron chi connectivity index (χ2n) is 19.5. The molecule has 2 fully saturated rings. The van der Waals surface area contributed by atoms with Crippen LogP contribution in [0.15, 0.2) is 12.5 Å². The SMILES string of the molecule is CC(C)C[C@H](NC(=O)[C@H](CO)NC(=O)[C@H](CO)NC(=O)[C@H](CC(=O)O)NC(=O)CNC(=O)[C@@H]1CCCN1C(=O)[C@@H]1CCCN1C(=O)[C@H](CC(N)=O)NC(=O)[C@H](CCCCN)NC(=O)[C@H](C)N)C(=O)N[C@@H](Cc1cnc[nH]1)C(=O)O. The van der Waals surface area contributed by atoms with Crippen LogP contribution in [0.1, 0.15) is 90.7 Å². The van der Waals surface area contributed by atoms with E-state index in [4.69, 9.17) is 17.2 Å². The Hall–Kier alpha value is -7.84. The quantitative estimate of drug-likeness (QED) is 0.0291. The summed E-state index contributed by atoms with van der Waals surface area (Å²) in [6, 6.07) is -14.5. The summed E-state index contributed by atoms with van der Waals surface area (Å²) < 4.78 is 0. The molecular formula is C47H75N15O17. The highest BCUT2D eigenvalue weighted by Crippen LogP contribution is 2.26. The maximum Gasteiger partial charge on any atom is 0.326 e. The summed E-state index contributed by atoms with van der Waals surface area (Å²) >= 11 is 0. The first-order valence-corrected chi connectivity index (χ1v) is 25.7. The Kier molecular flexibility index (Phi) is 26.6. The van der Waals surface area contributed by atoms with Gasteiger partial charge in [0, 0.05) is 31.4 Å². The number of carbonyl (C=O) groups is 13. The molecule has 32 nitrogen and oxygen atoms in total. The van der Waals surface area contributed by atoms with E-state index < -0.39 is 170 Å². The van der Waals surface area contributed by atoms with Crippen molar-refractivity contribution in [3.8, 4) is 0 Å². The van der Waals surface area contributed by atoms with Crippen molar-refractivity contribution >= 4 is 76.9 Å². The summed E-state index contributed by atoms with van der Waals surface area (Å²) in [5, 5.41) is 57.7. The number of unbranched alkanes of at least 4 members (excludes halogenated alkanes) is 1. The Morgan fingerprint density at radius 1 is 0.671 bits per heavy atom. The van der Waals surface area contributed by atoms with Crippen LogP contribution >= 0.6 is 0 Å². The molecule has 2 saturated heterocycles. The van der Waals surface area contributed by atoms with Gasteiger partial charge in [0.1, 0.15) is 54.4 Å². The molecule has 19 N–H and O–H groups in total. The number of carboxylic acid groups (broad SMARTS) is 2. The van der Waals surface area contributed by atoms with Crippen LogP contribution in [0.5, 0.6) is 0 Å². The van der Waals surface area contributed by atoms with E-state index in [1.54, 1.807) is 13.8 Å². The van der Waals surface area contributed by atoms with Crippen molar-refractivity contribution < 1.29 is 82.8 Å². The molecule has 3 heterocycles. The Morgan fingerprint density at radius 3 is 1.73 bits per heavy atom. The number of amides is 11. The number of aliphatic carboxylic acids is 2. The molecule has 1 aromatic heterocycles. The standard InChI is InChI=1S/C47H75N15O17/c1-23(2)14-27(40(71)58-30(47(78)79)15-25-18-51-22-53-25)56-42(73)31(20-63)60-43(74)32(21-64)59-41(72)28(17-37(67)68)54-36(66)19-52-44(75)33-9-6-12-61(33)46(77)34-10-7-13-62(34)45(76)29(16-35(50)65)57-39(70)26(8-4-5-11-48)55-38(69)24(3)49/h18,22-24,26-34,63-64H,4-17,19-21,48-49H2,1-3H3,(H2,50,65)(H,51,53)(H,52,75)(H,54,66)(H,55,69)(H,56,73)(H,57,70)(H,58,71)(H,59,72)(H,60,74)(H,67,68)(H,78,79)/t24-,26-,27-,28-,29-,30-,31-,32-,33-,34-/m0/s1. The Morgan fingerprint density at radius 2 is 1.20 bits per heavy atom. The van der Waals surface area contributed by atoms with E-state index >= 15 is 0 Å². The first-order valence-electron chi connectivity index (χ1n) is 25.7. The number of carbonyl (C=O) groups excluding carboxylic acids is 11. The predicted molar refractivity (Wildman–Crippen MR) is 272 cm³/mol. The van der Waals surface area contributed by atoms with Crippen LogP contribution in [0.4, 0.5) is 0 Å². The molecule has 1 aromatic rings. The molecule has 11 amide bonds. The van der Waals surface area contributed by atoms with Gasteiger partial charge in [-0.2, -0.15) is 0 Å². The van der Waals surface area contributed by atoms with E-state index in [1.165, 1.54) is 29.2 Å². The van der Waals surface area contributed by atoms with E-state index in [0.29, 0.717) is 37.9 Å². The van der Waals surface area contributed by atoms with Crippen molar-refractivity contribution in [2.75, 3.05) is 39.4 Å². The van der Waals surface area contributed by atoms with Gasteiger partial charge < -0.3 is 94.9 Å². The summed E-state index contributed by atoms with van der Waals surface area (Å²) in [5.41, 5.74) is 17.1. The summed E-state index contributed by atoms with van der Waals surface area (Å²) in [4.78, 5) is 179. The zero-order chi connectivity index (χ0) is 59.1. The first kappa shape index (κ1) is 65.4. The fourth-order valence-electron chi connectivity index (χ4n) is 8.63. The highest BCUT2D eigenvalue weighted by molar-refractivity contribution is 6.00. The van der Waals surface area contributed by atoms with Crippen LogP contribution < -0.4 is 59.7 Å². The van der Waals surface area contributed by atoms with Crippen molar-refractivity contribution in [2.24, 2.45) is 23.1 Å². The largest absolute Gasteiger partial charge is 0.481 e. The van der Waals surface area contributed by atoms with Crippen LogP contribution in [0.3, 0.4) is 0 Å². The van der Waals surface area contributed by atoms with Crippen molar-refractivity contribution in [1.29, 1.82) is 0 Å². The topological polar surface area (TPSA) is 512 Å². The van der Waals surface area contributed by atoms with Crippen molar-refractivity contribution in [3.63, 3.8) is 0 Å². The fourth-order valence-corrected chi connectivity index (χ4v) is 8.63. The van der Waals surface area contributed by atoms with Gasteiger partial charge in [0.15, 0.2) is 0 Å². The number of likely N-dealkylation sites (tertiary alicyclic amines) is 2. The highest BCUT2D eigenvalue weighted by atomic mass is 16.4. The fraction of sp³-hybridized carbons (Fsp3) is 0.660. The van der Waals surface area contributed by atoms with Crippen molar-refractivity contribution in [1.82, 2.24) is 62.3 Å². The number of aromatic amines is 1. The molecule has 0 unspecified atom stereocenters. The molecule has 0 saturated carbocycles. The van der Waals surface area contributed by atoms with E-state index in [0.717, 1.165) is 0 Å². The number of carboxylic acids is 2. The van der Waals surface area contributed by atoms with Gasteiger partial charge in [0.2, 0.25) is 65.0 Å². The number of primary amides is 1. The van der Waals surface area contributed by atoms with E-state index in [-0.39, 0.29) is 51.1 Å². The number of hydrogen-bond acceptors (Lipinski definition) is 18. The summed E-state index contributed by atoms with van der Waals surface area (Å²) in [7, 11) is 0. The predicted octanol–water partition coefficient (Wildman–Crippen LogP) is -7.61.